The number of rotatable bonds is 5. The van der Waals surface area contributed by atoms with Gasteiger partial charge >= 0.3 is 6.03 Å². The van der Waals surface area contributed by atoms with Gasteiger partial charge in [0.2, 0.25) is 0 Å². The number of hydrogen-bond acceptors (Lipinski definition) is 6. The van der Waals surface area contributed by atoms with Crippen LogP contribution in [0, 0.1) is 0 Å². The molecule has 0 aliphatic carbocycles. The zero-order valence-electron chi connectivity index (χ0n) is 15.6. The molecule has 1 aliphatic heterocycles. The van der Waals surface area contributed by atoms with E-state index in [0.29, 0.717) is 21.1 Å². The summed E-state index contributed by atoms with van der Waals surface area (Å²) < 4.78 is 5.04. The summed E-state index contributed by atoms with van der Waals surface area (Å²) in [6.45, 7) is 1.58. The van der Waals surface area contributed by atoms with Crippen LogP contribution in [0.5, 0.6) is 0 Å². The maximum atomic E-state index is 12.6. The molecule has 4 rings (SSSR count). The van der Waals surface area contributed by atoms with E-state index in [2.05, 4.69) is 21.3 Å². The number of nitrogens with one attached hydrogen (secondary N) is 4. The van der Waals surface area contributed by atoms with Crippen molar-refractivity contribution in [2.75, 3.05) is 10.6 Å². The van der Waals surface area contributed by atoms with Crippen molar-refractivity contribution in [3.05, 3.63) is 71.0 Å². The number of carbonyl (C=O) groups excluding carboxylic acids is 4. The largest absolute Gasteiger partial charge is 0.459 e. The van der Waals surface area contributed by atoms with Gasteiger partial charge in [0.25, 0.3) is 17.7 Å². The van der Waals surface area contributed by atoms with Crippen LogP contribution >= 0.6 is 11.3 Å². The molecule has 2 aromatic heterocycles. The fraction of sp³-hybridized carbons (Fsp3) is 0.100. The second-order valence-corrected chi connectivity index (χ2v) is 7.75. The summed E-state index contributed by atoms with van der Waals surface area (Å²) in [6.07, 6.45) is 1.40. The normalized spacial score (nSPS) is 17.9. The van der Waals surface area contributed by atoms with Gasteiger partial charge in [-0.15, -0.1) is 11.3 Å². The van der Waals surface area contributed by atoms with Gasteiger partial charge in [-0.25, -0.2) is 4.79 Å². The highest BCUT2D eigenvalue weighted by Crippen LogP contribution is 2.28. The van der Waals surface area contributed by atoms with Gasteiger partial charge in [0.15, 0.2) is 5.76 Å². The quantitative estimate of drug-likeness (QED) is 0.468. The lowest BCUT2D eigenvalue weighted by atomic mass is 9.92. The predicted molar refractivity (Wildman–Crippen MR) is 109 cm³/mol. The minimum atomic E-state index is -1.22. The Morgan fingerprint density at radius 2 is 1.87 bits per heavy atom. The van der Waals surface area contributed by atoms with Crippen molar-refractivity contribution in [2.45, 2.75) is 12.5 Å². The maximum absolute atomic E-state index is 12.6. The van der Waals surface area contributed by atoms with Gasteiger partial charge in [-0.2, -0.15) is 0 Å². The molecule has 4 N–H and O–H groups in total. The zero-order valence-corrected chi connectivity index (χ0v) is 16.5. The van der Waals surface area contributed by atoms with Crippen molar-refractivity contribution in [3.63, 3.8) is 0 Å². The molecule has 152 valence electrons. The molecule has 0 saturated carbocycles. The van der Waals surface area contributed by atoms with Gasteiger partial charge < -0.3 is 20.4 Å². The third-order valence-electron chi connectivity index (χ3n) is 4.55. The summed E-state index contributed by atoms with van der Waals surface area (Å²) in [6, 6.07) is 12.5. The topological polar surface area (TPSA) is 130 Å². The molecule has 3 heterocycles. The minimum Gasteiger partial charge on any atom is -0.459 e. The summed E-state index contributed by atoms with van der Waals surface area (Å²) in [4.78, 5) is 48.6. The Morgan fingerprint density at radius 3 is 2.57 bits per heavy atom. The Bertz CT molecular complexity index is 1150. The summed E-state index contributed by atoms with van der Waals surface area (Å²) in [5, 5.41) is 10.7. The average Bonchev–Trinajstić information content (AvgIpc) is 3.44. The molecule has 1 fully saturated rings. The van der Waals surface area contributed by atoms with E-state index in [-0.39, 0.29) is 11.7 Å². The van der Waals surface area contributed by atoms with Gasteiger partial charge in [-0.3, -0.25) is 19.7 Å². The SMILES string of the molecule is C[C@]1(c2cccc(NC(=O)c3ccc(NC(=O)c4ccco4)s3)c2)NC(=O)NC1=O. The third-order valence-corrected chi connectivity index (χ3v) is 5.55. The van der Waals surface area contributed by atoms with Gasteiger partial charge in [0, 0.05) is 5.69 Å². The Kier molecular flexibility index (Phi) is 4.84. The number of benzene rings is 1. The molecule has 10 heteroatoms. The van der Waals surface area contributed by atoms with Crippen LogP contribution in [0.1, 0.15) is 32.7 Å². The second kappa shape index (κ2) is 7.48. The van der Waals surface area contributed by atoms with E-state index in [9.17, 15) is 19.2 Å². The smallest absolute Gasteiger partial charge is 0.322 e. The molecule has 9 nitrogen and oxygen atoms in total. The number of carbonyl (C=O) groups is 4. The summed E-state index contributed by atoms with van der Waals surface area (Å²) in [5.74, 6) is -1.08. The second-order valence-electron chi connectivity index (χ2n) is 6.66. The lowest BCUT2D eigenvalue weighted by molar-refractivity contribution is -0.123. The highest BCUT2D eigenvalue weighted by Gasteiger charge is 2.43. The van der Waals surface area contributed by atoms with Gasteiger partial charge in [-0.1, -0.05) is 12.1 Å². The van der Waals surface area contributed by atoms with Crippen LogP contribution in [0.2, 0.25) is 0 Å². The minimum absolute atomic E-state index is 0.169. The highest BCUT2D eigenvalue weighted by molar-refractivity contribution is 7.18. The predicted octanol–water partition coefficient (Wildman–Crippen LogP) is 2.90. The molecule has 0 radical (unpaired) electrons. The third kappa shape index (κ3) is 3.67. The fourth-order valence-electron chi connectivity index (χ4n) is 2.96. The van der Waals surface area contributed by atoms with Crippen LogP contribution < -0.4 is 21.3 Å². The number of hydrogen-bond donors (Lipinski definition) is 4. The first-order valence-electron chi connectivity index (χ1n) is 8.85. The highest BCUT2D eigenvalue weighted by atomic mass is 32.1. The lowest BCUT2D eigenvalue weighted by Crippen LogP contribution is -2.40. The molecular formula is C20H16N4O5S. The number of anilines is 2. The van der Waals surface area contributed by atoms with Crippen LogP contribution in [0.15, 0.2) is 59.2 Å². The van der Waals surface area contributed by atoms with Gasteiger partial charge in [0.1, 0.15) is 5.54 Å². The maximum Gasteiger partial charge on any atom is 0.322 e. The van der Waals surface area contributed by atoms with Gasteiger partial charge in [-0.05, 0) is 48.9 Å². The first kappa shape index (κ1) is 19.4. The molecule has 1 aliphatic rings. The van der Waals surface area contributed by atoms with Crippen molar-refractivity contribution in [1.29, 1.82) is 0 Å². The zero-order chi connectivity index (χ0) is 21.3. The Labute approximate surface area is 174 Å². The Morgan fingerprint density at radius 1 is 1.03 bits per heavy atom. The van der Waals surface area contributed by atoms with E-state index in [4.69, 9.17) is 4.42 Å². The van der Waals surface area contributed by atoms with Crippen LogP contribution in [0.25, 0.3) is 0 Å². The summed E-state index contributed by atoms with van der Waals surface area (Å²) in [5.41, 5.74) is -0.229. The monoisotopic (exact) mass is 424 g/mol. The van der Waals surface area contributed by atoms with Gasteiger partial charge in [0.05, 0.1) is 16.1 Å². The number of imide groups is 1. The van der Waals surface area contributed by atoms with Crippen LogP contribution in [-0.2, 0) is 10.3 Å². The molecule has 1 atom stereocenters. The van der Waals surface area contributed by atoms with Crippen molar-refractivity contribution in [3.8, 4) is 0 Å². The molecule has 1 saturated heterocycles. The first-order valence-corrected chi connectivity index (χ1v) is 9.67. The van der Waals surface area contributed by atoms with Crippen molar-refractivity contribution < 1.29 is 23.6 Å². The molecule has 0 bridgehead atoms. The Balaban J connectivity index is 1.46. The number of furan rings is 1. The molecule has 30 heavy (non-hydrogen) atoms. The number of urea groups is 1. The summed E-state index contributed by atoms with van der Waals surface area (Å²) in [7, 11) is 0. The molecule has 0 unspecified atom stereocenters. The Hall–Kier alpha value is -3.92. The molecule has 5 amide bonds. The van der Waals surface area contributed by atoms with E-state index in [1.165, 1.54) is 12.3 Å². The average molecular weight is 424 g/mol. The van der Waals surface area contributed by atoms with Crippen molar-refractivity contribution in [1.82, 2.24) is 10.6 Å². The van der Waals surface area contributed by atoms with Crippen LogP contribution in [0.4, 0.5) is 15.5 Å². The molecule has 0 spiro atoms. The van der Waals surface area contributed by atoms with Crippen molar-refractivity contribution >= 4 is 45.8 Å². The molecule has 3 aromatic rings. The lowest BCUT2D eigenvalue weighted by Gasteiger charge is -2.21. The molecular weight excluding hydrogens is 408 g/mol. The fourth-order valence-corrected chi connectivity index (χ4v) is 3.75. The molecule has 1 aromatic carbocycles. The van der Waals surface area contributed by atoms with E-state index in [0.717, 1.165) is 11.3 Å². The van der Waals surface area contributed by atoms with E-state index in [1.54, 1.807) is 49.4 Å². The van der Waals surface area contributed by atoms with E-state index < -0.39 is 23.4 Å². The standard InChI is InChI=1S/C20H16N4O5S/c1-20(18(27)23-19(28)24-20)11-4-2-5-12(10-11)21-17(26)14-7-8-15(30-14)22-16(25)13-6-3-9-29-13/h2-10H,1H3,(H,21,26)(H,22,25)(H2,23,24,27,28)/t20-/m1/s1. The van der Waals surface area contributed by atoms with Crippen LogP contribution in [-0.4, -0.2) is 23.8 Å². The van der Waals surface area contributed by atoms with Crippen molar-refractivity contribution in [2.24, 2.45) is 0 Å². The first-order chi connectivity index (χ1) is 14.3. The number of amides is 5. The van der Waals surface area contributed by atoms with E-state index >= 15 is 0 Å². The van der Waals surface area contributed by atoms with E-state index in [1.807, 2.05) is 0 Å². The summed E-state index contributed by atoms with van der Waals surface area (Å²) >= 11 is 1.11. The van der Waals surface area contributed by atoms with Crippen LogP contribution in [0.3, 0.4) is 0 Å². The number of thiophene rings is 1.